The predicted molar refractivity (Wildman–Crippen MR) is 252 cm³/mol. The van der Waals surface area contributed by atoms with E-state index < -0.39 is 35.1 Å². The average Bonchev–Trinajstić information content (AvgIpc) is 4.16. The van der Waals surface area contributed by atoms with Gasteiger partial charge in [-0.1, -0.05) is 90.1 Å². The Labute approximate surface area is 390 Å². The van der Waals surface area contributed by atoms with Gasteiger partial charge in [-0.2, -0.15) is 0 Å². The second-order valence-corrected chi connectivity index (χ2v) is 20.2. The number of H-pyrrole nitrogens is 2. The van der Waals surface area contributed by atoms with E-state index in [1.54, 1.807) is 17.3 Å². The largest absolute Gasteiger partial charge is 0.465 e. The molecule has 0 saturated carbocycles. The van der Waals surface area contributed by atoms with Gasteiger partial charge in [-0.25, -0.2) is 23.9 Å². The highest BCUT2D eigenvalue weighted by Crippen LogP contribution is 2.47. The molecule has 4 amide bonds. The molecule has 8 rings (SSSR count). The van der Waals surface area contributed by atoms with Crippen molar-refractivity contribution in [2.45, 2.75) is 116 Å². The minimum absolute atomic E-state index is 0.0164. The quantitative estimate of drug-likeness (QED) is 0.0860. The number of carboxylic acid groups (broad SMARTS) is 1. The second-order valence-electron chi connectivity index (χ2n) is 20.2. The number of nitrogens with zero attached hydrogens (tertiary/aromatic N) is 5. The number of carbonyl (C=O) groups is 4. The highest BCUT2D eigenvalue weighted by atomic mass is 19.1. The van der Waals surface area contributed by atoms with Gasteiger partial charge in [0.25, 0.3) is 0 Å². The van der Waals surface area contributed by atoms with E-state index in [1.807, 2.05) is 58.6 Å². The van der Waals surface area contributed by atoms with Crippen molar-refractivity contribution >= 4 is 29.7 Å². The first-order valence-corrected chi connectivity index (χ1v) is 23.2. The third-order valence-electron chi connectivity index (χ3n) is 13.6. The van der Waals surface area contributed by atoms with Crippen LogP contribution in [0.4, 0.5) is 19.7 Å². The summed E-state index contributed by atoms with van der Waals surface area (Å²) < 4.78 is 19.1. The normalized spacial score (nSPS) is 20.7. The summed E-state index contributed by atoms with van der Waals surface area (Å²) in [7, 11) is 1.29. The molecule has 0 bridgehead atoms. The molecular weight excluding hydrogens is 854 g/mol. The number of rotatable bonds is 11. The van der Waals surface area contributed by atoms with Crippen molar-refractivity contribution < 1.29 is 33.4 Å². The zero-order valence-electron chi connectivity index (χ0n) is 39.3. The number of halogens is 1. The lowest BCUT2D eigenvalue weighted by molar-refractivity contribution is -0.137. The molecule has 15 nitrogen and oxygen atoms in total. The van der Waals surface area contributed by atoms with Gasteiger partial charge in [-0.15, -0.1) is 0 Å². The third-order valence-corrected chi connectivity index (χ3v) is 13.6. The molecule has 5 heterocycles. The van der Waals surface area contributed by atoms with Crippen LogP contribution in [0.15, 0.2) is 85.2 Å². The zero-order valence-corrected chi connectivity index (χ0v) is 39.3. The van der Waals surface area contributed by atoms with E-state index in [-0.39, 0.29) is 41.8 Å². The third kappa shape index (κ3) is 9.89. The fraction of sp³-hybridized carbons (Fsp3) is 0.451. The number of imidazole rings is 2. The molecule has 0 aliphatic carbocycles. The lowest BCUT2D eigenvalue weighted by Gasteiger charge is -2.35. The number of nitrogens with one attached hydrogen (secondary N) is 4. The Hall–Kier alpha value is -6.71. The lowest BCUT2D eigenvalue weighted by atomic mass is 9.85. The maximum Gasteiger partial charge on any atom is 0.407 e. The minimum atomic E-state index is -1.23. The van der Waals surface area contributed by atoms with Crippen LogP contribution < -0.4 is 15.5 Å². The van der Waals surface area contributed by atoms with E-state index in [4.69, 9.17) is 14.7 Å². The molecule has 354 valence electrons. The van der Waals surface area contributed by atoms with E-state index in [1.165, 1.54) is 19.2 Å². The van der Waals surface area contributed by atoms with E-state index in [2.05, 4.69) is 74.0 Å². The van der Waals surface area contributed by atoms with Crippen molar-refractivity contribution in [3.05, 3.63) is 114 Å². The van der Waals surface area contributed by atoms with Crippen LogP contribution in [0.2, 0.25) is 0 Å². The van der Waals surface area contributed by atoms with Crippen molar-refractivity contribution in [2.24, 2.45) is 10.8 Å². The molecule has 0 radical (unpaired) electrons. The van der Waals surface area contributed by atoms with Gasteiger partial charge in [0.2, 0.25) is 11.8 Å². The first-order chi connectivity index (χ1) is 31.9. The van der Waals surface area contributed by atoms with Gasteiger partial charge < -0.3 is 45.1 Å². The summed E-state index contributed by atoms with van der Waals surface area (Å²) >= 11 is 0. The van der Waals surface area contributed by atoms with Crippen molar-refractivity contribution in [3.8, 4) is 22.5 Å². The van der Waals surface area contributed by atoms with Crippen molar-refractivity contribution in [1.29, 1.82) is 0 Å². The number of benzene rings is 3. The number of hydrogen-bond donors (Lipinski definition) is 5. The standard InChI is InChI=1S/C51H62FN9O6/c1-50(2,3)42(57-48(64)65)46(62)59-26-8-10-40(59)44-53-28-36(55-44)30-12-16-32(17-13-30)38-24-25-39(61(38)35-22-20-34(52)21-23-35)33-18-14-31(15-19-33)37-29-54-45(56-37)41-11-9-27-60(41)47(63)43(51(4,5)6)58-49(66)67-7/h12-23,28-29,38-43,57H,8-11,24-27H2,1-7H3,(H,53,55)(H,54,56)(H,58,66)(H,64,65)/t38-,39-,40+,41+,42-,43-/m1/s1. The van der Waals surface area contributed by atoms with E-state index in [0.717, 1.165) is 77.9 Å². The Morgan fingerprint density at radius 1 is 0.657 bits per heavy atom. The minimum Gasteiger partial charge on any atom is -0.465 e. The van der Waals surface area contributed by atoms with Gasteiger partial charge in [0, 0.05) is 18.8 Å². The van der Waals surface area contributed by atoms with Crippen LogP contribution in [-0.2, 0) is 14.3 Å². The van der Waals surface area contributed by atoms with E-state index >= 15 is 0 Å². The van der Waals surface area contributed by atoms with Gasteiger partial charge in [0.15, 0.2) is 0 Å². The summed E-state index contributed by atoms with van der Waals surface area (Å²) in [5.74, 6) is 0.646. The molecule has 3 aromatic carbocycles. The molecular formula is C51H62FN9O6. The van der Waals surface area contributed by atoms with Crippen molar-refractivity contribution in [3.63, 3.8) is 0 Å². The van der Waals surface area contributed by atoms with E-state index in [9.17, 15) is 28.7 Å². The Balaban J connectivity index is 0.981. The number of aromatic amines is 2. The smallest absolute Gasteiger partial charge is 0.407 e. The number of amides is 4. The second kappa shape index (κ2) is 18.9. The Morgan fingerprint density at radius 2 is 1.09 bits per heavy atom. The molecule has 2 aromatic heterocycles. The molecule has 5 aromatic rings. The number of hydrogen-bond acceptors (Lipinski definition) is 8. The van der Waals surface area contributed by atoms with Crippen LogP contribution in [0.5, 0.6) is 0 Å². The van der Waals surface area contributed by atoms with Crippen LogP contribution in [0.1, 0.15) is 127 Å². The first kappa shape index (κ1) is 46.8. The van der Waals surface area contributed by atoms with Crippen LogP contribution in [0.3, 0.4) is 0 Å². The highest BCUT2D eigenvalue weighted by Gasteiger charge is 2.43. The molecule has 0 spiro atoms. The fourth-order valence-electron chi connectivity index (χ4n) is 10.1. The summed E-state index contributed by atoms with van der Waals surface area (Å²) in [5.41, 5.74) is 5.57. The number of ether oxygens (including phenoxy) is 1. The fourth-order valence-corrected chi connectivity index (χ4v) is 10.1. The summed E-state index contributed by atoms with van der Waals surface area (Å²) in [6.45, 7) is 12.4. The zero-order chi connectivity index (χ0) is 47.8. The van der Waals surface area contributed by atoms with Crippen LogP contribution >= 0.6 is 0 Å². The van der Waals surface area contributed by atoms with Gasteiger partial charge in [-0.05, 0) is 95.9 Å². The summed E-state index contributed by atoms with van der Waals surface area (Å²) in [6, 6.07) is 21.4. The highest BCUT2D eigenvalue weighted by molar-refractivity contribution is 5.87. The monoisotopic (exact) mass is 915 g/mol. The molecule has 67 heavy (non-hydrogen) atoms. The molecule has 3 saturated heterocycles. The van der Waals surface area contributed by atoms with Gasteiger partial charge in [0.1, 0.15) is 29.5 Å². The van der Waals surface area contributed by atoms with E-state index in [0.29, 0.717) is 24.7 Å². The summed E-state index contributed by atoms with van der Waals surface area (Å²) in [6.07, 6.45) is 6.54. The van der Waals surface area contributed by atoms with Crippen molar-refractivity contribution in [2.75, 3.05) is 25.1 Å². The molecule has 5 N–H and O–H groups in total. The Morgan fingerprint density at radius 3 is 1.49 bits per heavy atom. The molecule has 3 aliphatic heterocycles. The summed E-state index contributed by atoms with van der Waals surface area (Å²) in [5, 5.41) is 14.7. The SMILES string of the molecule is COC(=O)N[C@H](C(=O)N1CCC[C@H]1c1ncc(-c2ccc([C@H]3CC[C@H](c4ccc(-c5cnc([C@@H]6CCCN6C(=O)[C@@H](NC(=O)O)C(C)(C)C)[nH]5)cc4)N3c3ccc(F)cc3)cc2)[nH]1)C(C)(C)C. The van der Waals surface area contributed by atoms with Crippen LogP contribution in [0.25, 0.3) is 22.5 Å². The number of carbonyl (C=O) groups excluding carboxylic acids is 3. The van der Waals surface area contributed by atoms with Crippen LogP contribution in [0, 0.1) is 16.6 Å². The lowest BCUT2D eigenvalue weighted by Crippen LogP contribution is -2.54. The van der Waals surface area contributed by atoms with Gasteiger partial charge in [-0.3, -0.25) is 9.59 Å². The van der Waals surface area contributed by atoms with Crippen LogP contribution in [-0.4, -0.2) is 91.1 Å². The Kier molecular flexibility index (Phi) is 13.2. The number of anilines is 1. The average molecular weight is 916 g/mol. The topological polar surface area (TPSA) is 189 Å². The number of methoxy groups -OCH3 is 1. The predicted octanol–water partition coefficient (Wildman–Crippen LogP) is 9.47. The maximum absolute atomic E-state index is 14.3. The molecule has 0 unspecified atom stereocenters. The molecule has 3 aliphatic rings. The first-order valence-electron chi connectivity index (χ1n) is 23.2. The molecule has 6 atom stereocenters. The Bertz CT molecular complexity index is 2560. The summed E-state index contributed by atoms with van der Waals surface area (Å²) in [4.78, 5) is 73.8. The molecule has 3 fully saturated rings. The van der Waals surface area contributed by atoms with Gasteiger partial charge in [0.05, 0.1) is 55.1 Å². The van der Waals surface area contributed by atoms with Crippen molar-refractivity contribution in [1.82, 2.24) is 40.4 Å². The molecule has 16 heteroatoms. The number of likely N-dealkylation sites (tertiary alicyclic amines) is 2. The number of alkyl carbamates (subject to hydrolysis) is 1. The number of aromatic nitrogens is 4. The van der Waals surface area contributed by atoms with Gasteiger partial charge >= 0.3 is 12.2 Å². The maximum atomic E-state index is 14.3.